The number of hydrogen-bond acceptors (Lipinski definition) is 2. The zero-order valence-corrected chi connectivity index (χ0v) is 13.9. The summed E-state index contributed by atoms with van der Waals surface area (Å²) in [6, 6.07) is 15.1. The van der Waals surface area contributed by atoms with Crippen LogP contribution in [0.25, 0.3) is 0 Å². The molecule has 0 fully saturated rings. The van der Waals surface area contributed by atoms with Crippen LogP contribution in [0.4, 0.5) is 0 Å². The van der Waals surface area contributed by atoms with Crippen molar-refractivity contribution in [2.24, 2.45) is 0 Å². The standard InChI is InChI=1S/C18H22O2Se/c19-17-9-5-15(6-10-17)3-1-13-21-14-2-4-16-7-11-18(20)12-8-16/h5-12,19-20H,1-4,13-14H2. The van der Waals surface area contributed by atoms with E-state index in [1.54, 1.807) is 24.3 Å². The van der Waals surface area contributed by atoms with Gasteiger partial charge in [-0.1, -0.05) is 0 Å². The summed E-state index contributed by atoms with van der Waals surface area (Å²) in [6.45, 7) is 0. The summed E-state index contributed by atoms with van der Waals surface area (Å²) >= 11 is 0.730. The van der Waals surface area contributed by atoms with Crippen LogP contribution in [0.2, 0.25) is 10.6 Å². The Labute approximate surface area is 133 Å². The third kappa shape index (κ3) is 6.24. The molecule has 112 valence electrons. The number of rotatable bonds is 8. The van der Waals surface area contributed by atoms with Crippen molar-refractivity contribution in [3.63, 3.8) is 0 Å². The summed E-state index contributed by atoms with van der Waals surface area (Å²) in [7, 11) is 0. The molecule has 2 aromatic rings. The molecule has 0 bridgehead atoms. The maximum atomic E-state index is 9.22. The van der Waals surface area contributed by atoms with Crippen LogP contribution in [-0.4, -0.2) is 25.2 Å². The number of hydrogen-bond donors (Lipinski definition) is 2. The Hall–Kier alpha value is -1.44. The first-order chi connectivity index (χ1) is 10.2. The van der Waals surface area contributed by atoms with E-state index in [-0.39, 0.29) is 0 Å². The van der Waals surface area contributed by atoms with Crippen LogP contribution in [0.3, 0.4) is 0 Å². The first-order valence-electron chi connectivity index (χ1n) is 7.37. The molecule has 2 nitrogen and oxygen atoms in total. The predicted molar refractivity (Wildman–Crippen MR) is 88.2 cm³/mol. The van der Waals surface area contributed by atoms with Gasteiger partial charge in [0.1, 0.15) is 0 Å². The van der Waals surface area contributed by atoms with Crippen LogP contribution < -0.4 is 0 Å². The molecule has 2 aromatic carbocycles. The normalized spacial score (nSPS) is 10.7. The van der Waals surface area contributed by atoms with E-state index in [4.69, 9.17) is 0 Å². The molecule has 0 amide bonds. The van der Waals surface area contributed by atoms with Gasteiger partial charge in [-0.05, 0) is 0 Å². The molecule has 21 heavy (non-hydrogen) atoms. The van der Waals surface area contributed by atoms with E-state index in [1.165, 1.54) is 34.6 Å². The fourth-order valence-electron chi connectivity index (χ4n) is 2.18. The molecule has 3 heteroatoms. The Morgan fingerprint density at radius 1 is 0.619 bits per heavy atom. The fraction of sp³-hybridized carbons (Fsp3) is 0.333. The SMILES string of the molecule is Oc1ccc(CCC[Se]CCCc2ccc(O)cc2)cc1. The van der Waals surface area contributed by atoms with Gasteiger partial charge in [0.25, 0.3) is 0 Å². The molecule has 0 aliphatic rings. The van der Waals surface area contributed by atoms with Crippen molar-refractivity contribution in [3.05, 3.63) is 59.7 Å². The van der Waals surface area contributed by atoms with Crippen molar-refractivity contribution < 1.29 is 10.2 Å². The topological polar surface area (TPSA) is 40.5 Å². The van der Waals surface area contributed by atoms with Crippen molar-refractivity contribution in [1.29, 1.82) is 0 Å². The second-order valence-electron chi connectivity index (χ2n) is 5.15. The van der Waals surface area contributed by atoms with E-state index in [9.17, 15) is 10.2 Å². The van der Waals surface area contributed by atoms with E-state index in [2.05, 4.69) is 0 Å². The molecule has 0 atom stereocenters. The van der Waals surface area contributed by atoms with E-state index in [1.807, 2.05) is 24.3 Å². The van der Waals surface area contributed by atoms with Crippen molar-refractivity contribution >= 4 is 15.0 Å². The summed E-state index contributed by atoms with van der Waals surface area (Å²) in [5, 5.41) is 21.1. The van der Waals surface area contributed by atoms with Crippen LogP contribution in [-0.2, 0) is 12.8 Å². The third-order valence-corrected chi connectivity index (χ3v) is 5.80. The molecule has 0 unspecified atom stereocenters. The molecule has 0 radical (unpaired) electrons. The summed E-state index contributed by atoms with van der Waals surface area (Å²) in [6.07, 6.45) is 4.70. The average molecular weight is 349 g/mol. The monoisotopic (exact) mass is 350 g/mol. The molecule has 0 aliphatic carbocycles. The van der Waals surface area contributed by atoms with E-state index >= 15 is 0 Å². The second-order valence-corrected chi connectivity index (χ2v) is 7.72. The van der Waals surface area contributed by atoms with Crippen molar-refractivity contribution in [2.45, 2.75) is 36.3 Å². The van der Waals surface area contributed by atoms with Crippen LogP contribution in [0, 0.1) is 0 Å². The van der Waals surface area contributed by atoms with Crippen molar-refractivity contribution in [3.8, 4) is 11.5 Å². The van der Waals surface area contributed by atoms with Gasteiger partial charge >= 0.3 is 133 Å². The molecule has 0 saturated heterocycles. The zero-order valence-electron chi connectivity index (χ0n) is 12.2. The molecular formula is C18H22O2Se. The van der Waals surface area contributed by atoms with E-state index in [0.717, 1.165) is 27.8 Å². The van der Waals surface area contributed by atoms with E-state index < -0.39 is 0 Å². The second kappa shape index (κ2) is 8.76. The van der Waals surface area contributed by atoms with Gasteiger partial charge in [-0.15, -0.1) is 0 Å². The Morgan fingerprint density at radius 3 is 1.38 bits per heavy atom. The molecule has 0 aliphatic heterocycles. The first-order valence-corrected chi connectivity index (χ1v) is 9.80. The molecular weight excluding hydrogens is 327 g/mol. The van der Waals surface area contributed by atoms with Gasteiger partial charge in [-0.2, -0.15) is 0 Å². The zero-order chi connectivity index (χ0) is 14.9. The van der Waals surface area contributed by atoms with Crippen LogP contribution >= 0.6 is 0 Å². The Bertz CT molecular complexity index is 470. The van der Waals surface area contributed by atoms with Gasteiger partial charge < -0.3 is 0 Å². The van der Waals surface area contributed by atoms with Gasteiger partial charge in [0.05, 0.1) is 0 Å². The third-order valence-electron chi connectivity index (χ3n) is 3.38. The summed E-state index contributed by atoms with van der Waals surface area (Å²) in [5.41, 5.74) is 2.63. The number of aryl methyl sites for hydroxylation is 2. The minimum atomic E-state index is 0.345. The van der Waals surface area contributed by atoms with Gasteiger partial charge in [-0.3, -0.25) is 0 Å². The van der Waals surface area contributed by atoms with Crippen molar-refractivity contribution in [1.82, 2.24) is 0 Å². The Balaban J connectivity index is 1.52. The summed E-state index contributed by atoms with van der Waals surface area (Å²) < 4.78 is 0. The van der Waals surface area contributed by atoms with Crippen molar-refractivity contribution in [2.75, 3.05) is 0 Å². The number of phenolic OH excluding ortho intramolecular Hbond substituents is 2. The van der Waals surface area contributed by atoms with Gasteiger partial charge in [-0.25, -0.2) is 0 Å². The molecule has 2 rings (SSSR count). The molecule has 0 spiro atoms. The van der Waals surface area contributed by atoms with Gasteiger partial charge in [0.15, 0.2) is 0 Å². The molecule has 0 heterocycles. The molecule has 2 N–H and O–H groups in total. The van der Waals surface area contributed by atoms with Crippen LogP contribution in [0.15, 0.2) is 48.5 Å². The number of aromatic hydroxyl groups is 2. The Kier molecular flexibility index (Phi) is 6.65. The molecule has 0 aromatic heterocycles. The number of phenols is 2. The quantitative estimate of drug-likeness (QED) is 0.554. The maximum absolute atomic E-state index is 9.22. The van der Waals surface area contributed by atoms with Crippen LogP contribution in [0.1, 0.15) is 24.0 Å². The van der Waals surface area contributed by atoms with Gasteiger partial charge in [0, 0.05) is 0 Å². The Morgan fingerprint density at radius 2 is 1.00 bits per heavy atom. The number of benzene rings is 2. The first kappa shape index (κ1) is 15.9. The molecule has 0 saturated carbocycles. The van der Waals surface area contributed by atoms with Gasteiger partial charge in [0.2, 0.25) is 0 Å². The van der Waals surface area contributed by atoms with Crippen LogP contribution in [0.5, 0.6) is 11.5 Å². The average Bonchev–Trinajstić information content (AvgIpc) is 2.50. The summed E-state index contributed by atoms with van der Waals surface area (Å²) in [4.78, 5) is 0. The predicted octanol–water partition coefficient (Wildman–Crippen LogP) is 4.20. The fourth-order valence-corrected chi connectivity index (χ4v) is 4.07. The summed E-state index contributed by atoms with van der Waals surface area (Å²) in [5.74, 6) is 0.689. The van der Waals surface area contributed by atoms with E-state index in [0.29, 0.717) is 11.5 Å². The minimum absolute atomic E-state index is 0.345.